The Hall–Kier alpha value is -3.40. The van der Waals surface area contributed by atoms with Crippen molar-refractivity contribution in [1.29, 1.82) is 0 Å². The van der Waals surface area contributed by atoms with Gasteiger partial charge in [-0.05, 0) is 41.7 Å². The van der Waals surface area contributed by atoms with Gasteiger partial charge in [-0.25, -0.2) is 13.9 Å². The molecule has 1 aromatic carbocycles. The number of carbonyl (C=O) groups is 1. The fourth-order valence-electron chi connectivity index (χ4n) is 3.10. The van der Waals surface area contributed by atoms with Crippen LogP contribution in [0.5, 0.6) is 0 Å². The minimum atomic E-state index is -0.476. The molecule has 4 rings (SSSR count). The molecule has 1 fully saturated rings. The van der Waals surface area contributed by atoms with E-state index in [1.54, 1.807) is 44.6 Å². The zero-order valence-corrected chi connectivity index (χ0v) is 15.3. The number of cyclic esters (lactones) is 1. The van der Waals surface area contributed by atoms with Gasteiger partial charge in [0.25, 0.3) is 0 Å². The highest BCUT2D eigenvalue weighted by atomic mass is 19.1. The first-order chi connectivity index (χ1) is 13.6. The molecule has 144 valence electrons. The highest BCUT2D eigenvalue weighted by Gasteiger charge is 2.32. The fraction of sp³-hybridized carbons (Fsp3) is 0.278. The predicted octanol–water partition coefficient (Wildman–Crippen LogP) is 1.62. The van der Waals surface area contributed by atoms with Gasteiger partial charge in [-0.15, -0.1) is 5.10 Å². The van der Waals surface area contributed by atoms with Crippen LogP contribution in [0.25, 0.3) is 22.6 Å². The molecule has 1 aliphatic rings. The second kappa shape index (κ2) is 7.31. The molecule has 9 nitrogen and oxygen atoms in total. The number of hydrogen-bond acceptors (Lipinski definition) is 7. The summed E-state index contributed by atoms with van der Waals surface area (Å²) in [6, 6.07) is 8.14. The molecule has 1 amide bonds. The van der Waals surface area contributed by atoms with Crippen molar-refractivity contribution in [2.45, 2.75) is 6.10 Å². The Morgan fingerprint density at radius 1 is 1.32 bits per heavy atom. The molecule has 2 aromatic heterocycles. The number of halogens is 1. The number of nitrogens with one attached hydrogen (secondary N) is 1. The van der Waals surface area contributed by atoms with E-state index in [1.807, 2.05) is 0 Å². The maximum Gasteiger partial charge on any atom is 0.414 e. The Labute approximate surface area is 160 Å². The van der Waals surface area contributed by atoms with E-state index in [4.69, 9.17) is 4.74 Å². The van der Waals surface area contributed by atoms with E-state index in [-0.39, 0.29) is 6.10 Å². The third-order valence-corrected chi connectivity index (χ3v) is 4.49. The number of rotatable bonds is 5. The Kier molecular flexibility index (Phi) is 4.70. The topological polar surface area (TPSA) is 98.1 Å². The first kappa shape index (κ1) is 18.0. The lowest BCUT2D eigenvalue weighted by Gasteiger charge is -2.14. The molecule has 0 bridgehead atoms. The molecule has 0 aliphatic carbocycles. The van der Waals surface area contributed by atoms with E-state index in [0.717, 1.165) is 0 Å². The summed E-state index contributed by atoms with van der Waals surface area (Å²) < 4.78 is 21.5. The minimum absolute atomic E-state index is 0.257. The van der Waals surface area contributed by atoms with Crippen molar-refractivity contribution >= 4 is 11.8 Å². The van der Waals surface area contributed by atoms with Gasteiger partial charge in [-0.2, -0.15) is 0 Å². The highest BCUT2D eigenvalue weighted by molar-refractivity contribution is 5.90. The minimum Gasteiger partial charge on any atom is -0.443 e. The number of likely N-dealkylation sites (N-methyl/N-ethyl adjacent to an activating group) is 1. The Morgan fingerprint density at radius 2 is 2.18 bits per heavy atom. The Bertz CT molecular complexity index is 1010. The lowest BCUT2D eigenvalue weighted by atomic mass is 10.1. The second-order valence-corrected chi connectivity index (χ2v) is 6.40. The quantitative estimate of drug-likeness (QED) is 0.715. The molecule has 3 aromatic rings. The summed E-state index contributed by atoms with van der Waals surface area (Å²) in [7, 11) is 3.50. The van der Waals surface area contributed by atoms with Gasteiger partial charge < -0.3 is 10.1 Å². The van der Waals surface area contributed by atoms with Crippen LogP contribution in [0.3, 0.4) is 0 Å². The van der Waals surface area contributed by atoms with Crippen molar-refractivity contribution in [3.63, 3.8) is 0 Å². The molecule has 28 heavy (non-hydrogen) atoms. The van der Waals surface area contributed by atoms with Crippen LogP contribution in [0.4, 0.5) is 14.9 Å². The zero-order chi connectivity index (χ0) is 19.7. The van der Waals surface area contributed by atoms with E-state index in [0.29, 0.717) is 41.4 Å². The Morgan fingerprint density at radius 3 is 2.82 bits per heavy atom. The van der Waals surface area contributed by atoms with Crippen LogP contribution in [-0.2, 0) is 11.8 Å². The molecule has 1 aliphatic heterocycles. The molecule has 1 N–H and O–H groups in total. The van der Waals surface area contributed by atoms with Crippen molar-refractivity contribution in [2.24, 2.45) is 7.05 Å². The third kappa shape index (κ3) is 3.29. The molecule has 10 heteroatoms. The standard InChI is InChI=1S/C18H18FN7O2/c1-20-9-13-10-26(18(27)28-13)12-4-5-14(15(19)7-12)11-3-6-16(21-8-11)17-22-23-24-25(17)2/h3-8,13,20H,9-10H2,1-2H3/t13-/m1/s1. The number of nitrogens with zero attached hydrogens (tertiary/aromatic N) is 6. The lowest BCUT2D eigenvalue weighted by Crippen LogP contribution is -2.29. The van der Waals surface area contributed by atoms with Crippen LogP contribution in [-0.4, -0.2) is 57.5 Å². The molecular formula is C18H18FN7O2. The first-order valence-corrected chi connectivity index (χ1v) is 8.68. The largest absolute Gasteiger partial charge is 0.443 e. The second-order valence-electron chi connectivity index (χ2n) is 6.40. The van der Waals surface area contributed by atoms with Crippen molar-refractivity contribution in [3.05, 3.63) is 42.3 Å². The summed E-state index contributed by atoms with van der Waals surface area (Å²) in [5.74, 6) is 0.0725. The number of benzene rings is 1. The Balaban J connectivity index is 1.57. The maximum absolute atomic E-state index is 14.7. The predicted molar refractivity (Wildman–Crippen MR) is 99.0 cm³/mol. The molecule has 0 spiro atoms. The van der Waals surface area contributed by atoms with Crippen molar-refractivity contribution in [1.82, 2.24) is 30.5 Å². The number of hydrogen-bond donors (Lipinski definition) is 1. The van der Waals surface area contributed by atoms with Gasteiger partial charge in [0.2, 0.25) is 0 Å². The lowest BCUT2D eigenvalue weighted by molar-refractivity contribution is 0.141. The number of aryl methyl sites for hydroxylation is 1. The molecule has 0 radical (unpaired) electrons. The van der Waals surface area contributed by atoms with Gasteiger partial charge in [0.15, 0.2) is 5.82 Å². The molecule has 1 atom stereocenters. The molecule has 3 heterocycles. The number of aromatic nitrogens is 5. The van der Waals surface area contributed by atoms with Crippen LogP contribution < -0.4 is 10.2 Å². The van der Waals surface area contributed by atoms with Crippen LogP contribution >= 0.6 is 0 Å². The average molecular weight is 383 g/mol. The van der Waals surface area contributed by atoms with Gasteiger partial charge in [-0.3, -0.25) is 9.88 Å². The van der Waals surface area contributed by atoms with E-state index in [9.17, 15) is 9.18 Å². The smallest absolute Gasteiger partial charge is 0.414 e. The van der Waals surface area contributed by atoms with E-state index in [1.165, 1.54) is 15.6 Å². The summed E-state index contributed by atoms with van der Waals surface area (Å²) in [4.78, 5) is 17.8. The maximum atomic E-state index is 14.7. The highest BCUT2D eigenvalue weighted by Crippen LogP contribution is 2.29. The van der Waals surface area contributed by atoms with Crippen LogP contribution in [0, 0.1) is 5.82 Å². The first-order valence-electron chi connectivity index (χ1n) is 8.68. The van der Waals surface area contributed by atoms with Crippen molar-refractivity contribution < 1.29 is 13.9 Å². The van der Waals surface area contributed by atoms with Gasteiger partial charge in [0.1, 0.15) is 17.6 Å². The number of anilines is 1. The van der Waals surface area contributed by atoms with Gasteiger partial charge >= 0.3 is 6.09 Å². The van der Waals surface area contributed by atoms with Crippen molar-refractivity contribution in [3.8, 4) is 22.6 Å². The fourth-order valence-corrected chi connectivity index (χ4v) is 3.10. The zero-order valence-electron chi connectivity index (χ0n) is 15.3. The third-order valence-electron chi connectivity index (χ3n) is 4.49. The van der Waals surface area contributed by atoms with Crippen molar-refractivity contribution in [2.75, 3.05) is 25.0 Å². The van der Waals surface area contributed by atoms with Gasteiger partial charge in [0.05, 0.1) is 12.2 Å². The SMILES string of the molecule is CNC[C@@H]1CN(c2ccc(-c3ccc(-c4nnnn4C)nc3)c(F)c2)C(=O)O1. The molecule has 0 saturated carbocycles. The van der Waals surface area contributed by atoms with Crippen LogP contribution in [0.2, 0.25) is 0 Å². The number of ether oxygens (including phenoxy) is 1. The summed E-state index contributed by atoms with van der Waals surface area (Å²) in [5, 5.41) is 14.2. The van der Waals surface area contributed by atoms with Crippen LogP contribution in [0.1, 0.15) is 0 Å². The van der Waals surface area contributed by atoms with Gasteiger partial charge in [0, 0.05) is 30.9 Å². The normalized spacial score (nSPS) is 16.5. The van der Waals surface area contributed by atoms with E-state index >= 15 is 0 Å². The number of carbonyl (C=O) groups excluding carboxylic acids is 1. The summed E-state index contributed by atoms with van der Waals surface area (Å²) >= 11 is 0. The summed E-state index contributed by atoms with van der Waals surface area (Å²) in [6.07, 6.45) is 0.831. The molecular weight excluding hydrogens is 365 g/mol. The number of pyridine rings is 1. The van der Waals surface area contributed by atoms with E-state index < -0.39 is 11.9 Å². The summed E-state index contributed by atoms with van der Waals surface area (Å²) in [5.41, 5.74) is 2.04. The average Bonchev–Trinajstić information content (AvgIpc) is 3.27. The molecule has 0 unspecified atom stereocenters. The molecule has 1 saturated heterocycles. The van der Waals surface area contributed by atoms with Crippen LogP contribution in [0.15, 0.2) is 36.5 Å². The number of amides is 1. The summed E-state index contributed by atoms with van der Waals surface area (Å²) in [6.45, 7) is 0.919. The number of tetrazole rings is 1. The van der Waals surface area contributed by atoms with Gasteiger partial charge in [-0.1, -0.05) is 6.07 Å². The van der Waals surface area contributed by atoms with E-state index in [2.05, 4.69) is 25.8 Å². The monoisotopic (exact) mass is 383 g/mol.